The Balaban J connectivity index is 2.17. The zero-order valence-electron chi connectivity index (χ0n) is 19.2. The predicted octanol–water partition coefficient (Wildman–Crippen LogP) is 7.51. The summed E-state index contributed by atoms with van der Waals surface area (Å²) < 4.78 is 18.5. The molecule has 0 radical (unpaired) electrons. The van der Waals surface area contributed by atoms with Gasteiger partial charge in [0.1, 0.15) is 24.2 Å². The van der Waals surface area contributed by atoms with Gasteiger partial charge in [0, 0.05) is 12.3 Å². The summed E-state index contributed by atoms with van der Waals surface area (Å²) in [5.74, 6) is 1.84. The van der Waals surface area contributed by atoms with Crippen molar-refractivity contribution in [3.63, 3.8) is 0 Å². The van der Waals surface area contributed by atoms with E-state index < -0.39 is 6.10 Å². The molecule has 2 aromatic carbocycles. The number of hydrogen-bond donors (Lipinski definition) is 0. The molecule has 4 nitrogen and oxygen atoms in total. The second kappa shape index (κ2) is 12.3. The first kappa shape index (κ1) is 27.0. The van der Waals surface area contributed by atoms with Crippen LogP contribution in [0.25, 0.3) is 0 Å². The molecular formula is C25H31Br2ClO4. The van der Waals surface area contributed by atoms with Crippen LogP contribution in [0.2, 0.25) is 0 Å². The molecule has 176 valence electrons. The number of alkyl halides is 1. The molecule has 0 saturated carbocycles. The van der Waals surface area contributed by atoms with Gasteiger partial charge in [-0.25, -0.2) is 0 Å². The van der Waals surface area contributed by atoms with Crippen molar-refractivity contribution < 1.29 is 19.0 Å². The lowest BCUT2D eigenvalue weighted by atomic mass is 9.78. The monoisotopic (exact) mass is 588 g/mol. The molecule has 2 atom stereocenters. The van der Waals surface area contributed by atoms with Crippen LogP contribution < -0.4 is 9.47 Å². The van der Waals surface area contributed by atoms with Crippen LogP contribution in [0.5, 0.6) is 11.5 Å². The Bertz CT molecular complexity index is 876. The Morgan fingerprint density at radius 1 is 1.03 bits per heavy atom. The third-order valence-electron chi connectivity index (χ3n) is 5.45. The molecule has 0 saturated heterocycles. The van der Waals surface area contributed by atoms with E-state index in [0.29, 0.717) is 11.7 Å². The minimum absolute atomic E-state index is 0.164. The van der Waals surface area contributed by atoms with Crippen LogP contribution in [-0.4, -0.2) is 31.2 Å². The maximum absolute atomic E-state index is 11.2. The van der Waals surface area contributed by atoms with Crippen LogP contribution in [0.15, 0.2) is 45.3 Å². The van der Waals surface area contributed by atoms with Crippen molar-refractivity contribution in [1.82, 2.24) is 0 Å². The zero-order valence-corrected chi connectivity index (χ0v) is 23.1. The zero-order chi connectivity index (χ0) is 23.9. The lowest BCUT2D eigenvalue weighted by molar-refractivity contribution is -0.146. The van der Waals surface area contributed by atoms with Crippen molar-refractivity contribution in [3.8, 4) is 11.5 Å². The molecule has 2 aromatic rings. The average molecular weight is 591 g/mol. The van der Waals surface area contributed by atoms with Crippen molar-refractivity contribution >= 4 is 49.4 Å². The summed E-state index contributed by atoms with van der Waals surface area (Å²) in [5.41, 5.74) is 2.05. The number of esters is 1. The summed E-state index contributed by atoms with van der Waals surface area (Å²) >= 11 is 13.1. The summed E-state index contributed by atoms with van der Waals surface area (Å²) in [6, 6.07) is 12.4. The average Bonchev–Trinajstić information content (AvgIpc) is 2.75. The van der Waals surface area contributed by atoms with E-state index in [-0.39, 0.29) is 23.9 Å². The van der Waals surface area contributed by atoms with E-state index in [2.05, 4.69) is 83.8 Å². The first-order chi connectivity index (χ1) is 15.1. The van der Waals surface area contributed by atoms with Gasteiger partial charge in [0.2, 0.25) is 0 Å². The number of benzene rings is 2. The van der Waals surface area contributed by atoms with Gasteiger partial charge in [-0.2, -0.15) is 0 Å². The Morgan fingerprint density at radius 2 is 1.62 bits per heavy atom. The molecule has 0 aliphatic rings. The molecule has 32 heavy (non-hydrogen) atoms. The number of hydrogen-bond acceptors (Lipinski definition) is 4. The fourth-order valence-electron chi connectivity index (χ4n) is 3.07. The molecule has 0 spiro atoms. The highest BCUT2D eigenvalue weighted by Gasteiger charge is 2.26. The molecule has 0 bridgehead atoms. The van der Waals surface area contributed by atoms with Gasteiger partial charge < -0.3 is 14.2 Å². The van der Waals surface area contributed by atoms with E-state index in [1.165, 1.54) is 12.5 Å². The van der Waals surface area contributed by atoms with Crippen LogP contribution in [-0.2, 0) is 14.9 Å². The molecular weight excluding hydrogens is 560 g/mol. The lowest BCUT2D eigenvalue weighted by Gasteiger charge is -2.28. The van der Waals surface area contributed by atoms with Gasteiger partial charge in [-0.1, -0.05) is 46.2 Å². The van der Waals surface area contributed by atoms with Crippen molar-refractivity contribution in [2.45, 2.75) is 52.6 Å². The van der Waals surface area contributed by atoms with Gasteiger partial charge in [-0.15, -0.1) is 11.6 Å². The molecule has 0 amide bonds. The van der Waals surface area contributed by atoms with Crippen molar-refractivity contribution in [3.05, 3.63) is 56.5 Å². The number of carbonyl (C=O) groups is 1. The van der Waals surface area contributed by atoms with Crippen LogP contribution in [0.1, 0.15) is 52.2 Å². The van der Waals surface area contributed by atoms with E-state index in [4.69, 9.17) is 25.8 Å². The fraction of sp³-hybridized carbons (Fsp3) is 0.480. The molecule has 0 heterocycles. The summed E-state index contributed by atoms with van der Waals surface area (Å²) in [5, 5.41) is 0. The van der Waals surface area contributed by atoms with Crippen LogP contribution in [0, 0.1) is 5.92 Å². The van der Waals surface area contributed by atoms with Crippen molar-refractivity contribution in [2.75, 3.05) is 19.1 Å². The van der Waals surface area contributed by atoms with E-state index in [1.807, 2.05) is 12.1 Å². The quantitative estimate of drug-likeness (QED) is 0.201. The van der Waals surface area contributed by atoms with Crippen molar-refractivity contribution in [2.24, 2.45) is 5.92 Å². The third-order valence-corrected chi connectivity index (χ3v) is 6.97. The Hall–Kier alpha value is -1.24. The topological polar surface area (TPSA) is 44.8 Å². The van der Waals surface area contributed by atoms with Crippen LogP contribution >= 0.6 is 43.5 Å². The molecule has 0 N–H and O–H groups in total. The summed E-state index contributed by atoms with van der Waals surface area (Å²) in [6.07, 6.45) is 0.593. The predicted molar refractivity (Wildman–Crippen MR) is 137 cm³/mol. The highest BCUT2D eigenvalue weighted by Crippen LogP contribution is 2.41. The lowest BCUT2D eigenvalue weighted by Crippen LogP contribution is -2.26. The molecule has 0 fully saturated rings. The standard InChI is InChI=1S/C25H31Br2ClO4/c1-6-16(2)14-30-20-9-7-18(8-10-20)25(4,5)19-11-22(26)24(23(27)12-19)31-15-21(13-28)32-17(3)29/h7-12,16,21H,6,13-15H2,1-5H3/t16-,21-/m1/s1. The minimum atomic E-state index is -0.509. The highest BCUT2D eigenvalue weighted by atomic mass is 79.9. The highest BCUT2D eigenvalue weighted by molar-refractivity contribution is 9.11. The van der Waals surface area contributed by atoms with Crippen LogP contribution in [0.4, 0.5) is 0 Å². The molecule has 0 unspecified atom stereocenters. The van der Waals surface area contributed by atoms with Crippen molar-refractivity contribution in [1.29, 1.82) is 0 Å². The van der Waals surface area contributed by atoms with Crippen LogP contribution in [0.3, 0.4) is 0 Å². The van der Waals surface area contributed by atoms with E-state index in [0.717, 1.165) is 33.3 Å². The summed E-state index contributed by atoms with van der Waals surface area (Å²) in [6.45, 7) is 11.0. The second-order valence-electron chi connectivity index (χ2n) is 8.44. The number of halogens is 3. The summed E-state index contributed by atoms with van der Waals surface area (Å²) in [4.78, 5) is 11.2. The SMILES string of the molecule is CC[C@@H](C)COc1ccc(C(C)(C)c2cc(Br)c(OC[C@@H](CCl)OC(C)=O)c(Br)c2)cc1. The first-order valence-electron chi connectivity index (χ1n) is 10.7. The Morgan fingerprint density at radius 3 is 2.12 bits per heavy atom. The third kappa shape index (κ3) is 7.39. The summed E-state index contributed by atoms with van der Waals surface area (Å²) in [7, 11) is 0. The molecule has 7 heteroatoms. The maximum Gasteiger partial charge on any atom is 0.303 e. The van der Waals surface area contributed by atoms with E-state index >= 15 is 0 Å². The van der Waals surface area contributed by atoms with Gasteiger partial charge in [-0.3, -0.25) is 4.79 Å². The normalized spacial score (nSPS) is 13.4. The number of rotatable bonds is 11. The molecule has 0 aromatic heterocycles. The van der Waals surface area contributed by atoms with Gasteiger partial charge in [0.15, 0.2) is 0 Å². The van der Waals surface area contributed by atoms with E-state index in [1.54, 1.807) is 0 Å². The van der Waals surface area contributed by atoms with Gasteiger partial charge in [0.05, 0.1) is 21.4 Å². The first-order valence-corrected chi connectivity index (χ1v) is 12.8. The van der Waals surface area contributed by atoms with E-state index in [9.17, 15) is 4.79 Å². The van der Waals surface area contributed by atoms with Gasteiger partial charge >= 0.3 is 5.97 Å². The smallest absolute Gasteiger partial charge is 0.303 e. The Kier molecular flexibility index (Phi) is 10.4. The number of carbonyl (C=O) groups excluding carboxylic acids is 1. The number of ether oxygens (including phenoxy) is 3. The molecule has 0 aliphatic heterocycles. The Labute approximate surface area is 213 Å². The molecule has 2 rings (SSSR count). The minimum Gasteiger partial charge on any atom is -0.493 e. The van der Waals surface area contributed by atoms with Gasteiger partial charge in [-0.05, 0) is 73.2 Å². The fourth-order valence-corrected chi connectivity index (χ4v) is 4.64. The largest absolute Gasteiger partial charge is 0.493 e. The maximum atomic E-state index is 11.2. The molecule has 0 aliphatic carbocycles. The second-order valence-corrected chi connectivity index (χ2v) is 10.5. The van der Waals surface area contributed by atoms with Gasteiger partial charge in [0.25, 0.3) is 0 Å².